The van der Waals surface area contributed by atoms with Crippen molar-refractivity contribution in [3.8, 4) is 0 Å². The van der Waals surface area contributed by atoms with E-state index in [0.717, 1.165) is 12.8 Å². The van der Waals surface area contributed by atoms with Crippen LogP contribution in [-0.2, 0) is 16.0 Å². The van der Waals surface area contributed by atoms with Crippen LogP contribution < -0.4 is 5.32 Å². The molecule has 2 aliphatic rings. The van der Waals surface area contributed by atoms with E-state index in [1.54, 1.807) is 4.90 Å². The summed E-state index contributed by atoms with van der Waals surface area (Å²) < 4.78 is 0. The summed E-state index contributed by atoms with van der Waals surface area (Å²) >= 11 is 0. The molecule has 0 radical (unpaired) electrons. The number of benzene rings is 1. The highest BCUT2D eigenvalue weighted by molar-refractivity contribution is 5.84. The number of nitrogens with one attached hydrogen (secondary N) is 1. The van der Waals surface area contributed by atoms with Crippen LogP contribution in [0.25, 0.3) is 0 Å². The standard InChI is InChI=1S/C20H28N2O3/c1-14-6-7-15-4-2-3-5-17(15)20(14)21-18(24)8-9-19(25)22-12-10-16(23)11-13-22/h2-5,14,16,20,23H,6-13H2,1H3,(H,21,24)/t14-,20+/m1/s1. The highest BCUT2D eigenvalue weighted by atomic mass is 16.3. The van der Waals surface area contributed by atoms with E-state index in [2.05, 4.69) is 24.4 Å². The lowest BCUT2D eigenvalue weighted by atomic mass is 9.80. The third-order valence-electron chi connectivity index (χ3n) is 5.53. The van der Waals surface area contributed by atoms with Gasteiger partial charge in [-0.15, -0.1) is 0 Å². The molecule has 1 aromatic carbocycles. The Hall–Kier alpha value is -1.88. The second-order valence-corrected chi connectivity index (χ2v) is 7.37. The summed E-state index contributed by atoms with van der Waals surface area (Å²) in [5.41, 5.74) is 2.53. The average molecular weight is 344 g/mol. The summed E-state index contributed by atoms with van der Waals surface area (Å²) in [5.74, 6) is 0.358. The molecule has 2 N–H and O–H groups in total. The van der Waals surface area contributed by atoms with Gasteiger partial charge in [0.05, 0.1) is 12.1 Å². The molecule has 1 heterocycles. The summed E-state index contributed by atoms with van der Waals surface area (Å²) in [6.45, 7) is 3.36. The van der Waals surface area contributed by atoms with Crippen LogP contribution in [0.4, 0.5) is 0 Å². The van der Waals surface area contributed by atoms with Crippen molar-refractivity contribution >= 4 is 11.8 Å². The largest absolute Gasteiger partial charge is 0.393 e. The summed E-state index contributed by atoms with van der Waals surface area (Å²) in [6.07, 6.45) is 3.57. The van der Waals surface area contributed by atoms with Gasteiger partial charge in [0.2, 0.25) is 11.8 Å². The third kappa shape index (κ3) is 4.40. The maximum atomic E-state index is 12.4. The van der Waals surface area contributed by atoms with Gasteiger partial charge in [-0.25, -0.2) is 0 Å². The minimum Gasteiger partial charge on any atom is -0.393 e. The molecule has 136 valence electrons. The Labute approximate surface area is 149 Å². The number of aryl methyl sites for hydroxylation is 1. The fraction of sp³-hybridized carbons (Fsp3) is 0.600. The second-order valence-electron chi connectivity index (χ2n) is 7.37. The number of aliphatic hydroxyl groups is 1. The van der Waals surface area contributed by atoms with Crippen LogP contribution in [0.1, 0.15) is 56.2 Å². The number of amides is 2. The van der Waals surface area contributed by atoms with Crippen LogP contribution in [0.2, 0.25) is 0 Å². The molecule has 0 saturated carbocycles. The summed E-state index contributed by atoms with van der Waals surface area (Å²) in [7, 11) is 0. The van der Waals surface area contributed by atoms with E-state index in [1.165, 1.54) is 11.1 Å². The number of piperidine rings is 1. The number of aliphatic hydroxyl groups excluding tert-OH is 1. The van der Waals surface area contributed by atoms with E-state index in [9.17, 15) is 14.7 Å². The molecule has 1 fully saturated rings. The Bertz CT molecular complexity index is 623. The first-order valence-corrected chi connectivity index (χ1v) is 9.37. The zero-order valence-electron chi connectivity index (χ0n) is 14.9. The van der Waals surface area contributed by atoms with E-state index in [0.29, 0.717) is 31.8 Å². The third-order valence-corrected chi connectivity index (χ3v) is 5.53. The van der Waals surface area contributed by atoms with Gasteiger partial charge < -0.3 is 15.3 Å². The fourth-order valence-corrected chi connectivity index (χ4v) is 3.88. The van der Waals surface area contributed by atoms with Crippen LogP contribution in [0.15, 0.2) is 24.3 Å². The van der Waals surface area contributed by atoms with Gasteiger partial charge in [0.15, 0.2) is 0 Å². The molecule has 2 atom stereocenters. The molecule has 25 heavy (non-hydrogen) atoms. The van der Waals surface area contributed by atoms with Gasteiger partial charge in [-0.2, -0.15) is 0 Å². The minimum absolute atomic E-state index is 0.0131. The van der Waals surface area contributed by atoms with Gasteiger partial charge in [-0.3, -0.25) is 9.59 Å². The zero-order chi connectivity index (χ0) is 17.8. The predicted molar refractivity (Wildman–Crippen MR) is 95.9 cm³/mol. The van der Waals surface area contributed by atoms with E-state index in [-0.39, 0.29) is 36.8 Å². The van der Waals surface area contributed by atoms with Crippen LogP contribution in [0.5, 0.6) is 0 Å². The Morgan fingerprint density at radius 2 is 1.88 bits per heavy atom. The van der Waals surface area contributed by atoms with Crippen molar-refractivity contribution < 1.29 is 14.7 Å². The Kier molecular flexibility index (Phi) is 5.74. The summed E-state index contributed by atoms with van der Waals surface area (Å²) in [5, 5.41) is 12.7. The maximum absolute atomic E-state index is 12.4. The predicted octanol–water partition coefficient (Wildman–Crippen LogP) is 2.19. The van der Waals surface area contributed by atoms with Crippen molar-refractivity contribution in [3.63, 3.8) is 0 Å². The van der Waals surface area contributed by atoms with Crippen molar-refractivity contribution in [3.05, 3.63) is 35.4 Å². The van der Waals surface area contributed by atoms with Gasteiger partial charge in [0.1, 0.15) is 0 Å². The highest BCUT2D eigenvalue weighted by Gasteiger charge is 2.28. The van der Waals surface area contributed by atoms with Crippen LogP contribution in [0.3, 0.4) is 0 Å². The number of hydrogen-bond acceptors (Lipinski definition) is 3. The van der Waals surface area contributed by atoms with Crippen molar-refractivity contribution in [1.29, 1.82) is 0 Å². The van der Waals surface area contributed by atoms with Crippen molar-refractivity contribution in [2.24, 2.45) is 5.92 Å². The number of nitrogens with zero attached hydrogens (tertiary/aromatic N) is 1. The first kappa shape index (κ1) is 17.9. The summed E-state index contributed by atoms with van der Waals surface area (Å²) in [4.78, 5) is 26.4. The topological polar surface area (TPSA) is 69.6 Å². The number of likely N-dealkylation sites (tertiary alicyclic amines) is 1. The quantitative estimate of drug-likeness (QED) is 0.880. The molecular formula is C20H28N2O3. The molecule has 1 aliphatic carbocycles. The van der Waals surface area contributed by atoms with Crippen molar-refractivity contribution in [1.82, 2.24) is 10.2 Å². The lowest BCUT2D eigenvalue weighted by Crippen LogP contribution is -2.41. The Balaban J connectivity index is 1.52. The zero-order valence-corrected chi connectivity index (χ0v) is 14.9. The maximum Gasteiger partial charge on any atom is 0.223 e. The number of rotatable bonds is 4. The number of hydrogen-bond donors (Lipinski definition) is 2. The molecule has 1 saturated heterocycles. The molecule has 0 aromatic heterocycles. The minimum atomic E-state index is -0.291. The molecule has 3 rings (SSSR count). The SMILES string of the molecule is C[C@@H]1CCc2ccccc2[C@H]1NC(=O)CCC(=O)N1CCC(O)CC1. The van der Waals surface area contributed by atoms with Crippen LogP contribution in [0, 0.1) is 5.92 Å². The molecular weight excluding hydrogens is 316 g/mol. The number of carbonyl (C=O) groups is 2. The average Bonchev–Trinajstić information content (AvgIpc) is 2.63. The molecule has 5 nitrogen and oxygen atoms in total. The Morgan fingerprint density at radius 3 is 2.64 bits per heavy atom. The van der Waals surface area contributed by atoms with Crippen LogP contribution >= 0.6 is 0 Å². The van der Waals surface area contributed by atoms with E-state index < -0.39 is 0 Å². The van der Waals surface area contributed by atoms with Gasteiger partial charge in [-0.1, -0.05) is 31.2 Å². The normalized spacial score (nSPS) is 23.8. The molecule has 0 bridgehead atoms. The monoisotopic (exact) mass is 344 g/mol. The van der Waals surface area contributed by atoms with E-state index in [1.807, 2.05) is 12.1 Å². The van der Waals surface area contributed by atoms with Gasteiger partial charge in [0.25, 0.3) is 0 Å². The highest BCUT2D eigenvalue weighted by Crippen LogP contribution is 2.34. The lowest BCUT2D eigenvalue weighted by molar-refractivity contribution is -0.135. The van der Waals surface area contributed by atoms with Gasteiger partial charge >= 0.3 is 0 Å². The molecule has 0 spiro atoms. The molecule has 0 unspecified atom stereocenters. The molecule has 2 amide bonds. The molecule has 5 heteroatoms. The number of carbonyl (C=O) groups excluding carboxylic acids is 2. The van der Waals surface area contributed by atoms with E-state index >= 15 is 0 Å². The van der Waals surface area contributed by atoms with E-state index in [4.69, 9.17) is 0 Å². The molecule has 1 aromatic rings. The first-order valence-electron chi connectivity index (χ1n) is 9.37. The second kappa shape index (κ2) is 8.00. The first-order chi connectivity index (χ1) is 12.0. The smallest absolute Gasteiger partial charge is 0.223 e. The fourth-order valence-electron chi connectivity index (χ4n) is 3.88. The van der Waals surface area contributed by atoms with Crippen LogP contribution in [-0.4, -0.2) is 41.0 Å². The number of fused-ring (bicyclic) bond motifs is 1. The van der Waals surface area contributed by atoms with Crippen molar-refractivity contribution in [2.45, 2.75) is 57.6 Å². The Morgan fingerprint density at radius 1 is 1.16 bits per heavy atom. The molecule has 1 aliphatic heterocycles. The van der Waals surface area contributed by atoms with Gasteiger partial charge in [0, 0.05) is 25.9 Å². The van der Waals surface area contributed by atoms with Crippen molar-refractivity contribution in [2.75, 3.05) is 13.1 Å². The lowest BCUT2D eigenvalue weighted by Gasteiger charge is -2.32. The van der Waals surface area contributed by atoms with Gasteiger partial charge in [-0.05, 0) is 42.7 Å². The summed E-state index contributed by atoms with van der Waals surface area (Å²) in [6, 6.07) is 8.33.